The van der Waals surface area contributed by atoms with Gasteiger partial charge in [-0.2, -0.15) is 0 Å². The van der Waals surface area contributed by atoms with Gasteiger partial charge in [-0.15, -0.1) is 0 Å². The van der Waals surface area contributed by atoms with E-state index in [0.29, 0.717) is 17.0 Å². The van der Waals surface area contributed by atoms with Crippen molar-refractivity contribution in [3.05, 3.63) is 82.9 Å². The Bertz CT molecular complexity index is 1090. The number of phenolic OH excluding ortho intramolecular Hbond substituents is 1. The van der Waals surface area contributed by atoms with Gasteiger partial charge in [0.05, 0.1) is 5.69 Å². The lowest BCUT2D eigenvalue weighted by Crippen LogP contribution is -2.20. The molecule has 6 nitrogen and oxygen atoms in total. The number of benzene rings is 3. The van der Waals surface area contributed by atoms with Crippen molar-refractivity contribution < 1.29 is 19.4 Å². The van der Waals surface area contributed by atoms with E-state index in [1.54, 1.807) is 18.2 Å². The molecule has 0 spiro atoms. The Morgan fingerprint density at radius 2 is 1.67 bits per heavy atom. The van der Waals surface area contributed by atoms with E-state index in [9.17, 15) is 14.7 Å². The summed E-state index contributed by atoms with van der Waals surface area (Å²) in [6, 6.07) is 17.4. The molecular weight excluding hydrogens is 380 g/mol. The highest BCUT2D eigenvalue weighted by Gasteiger charge is 2.12. The Balaban J connectivity index is 1.60. The van der Waals surface area contributed by atoms with Crippen LogP contribution in [-0.4, -0.2) is 23.5 Å². The van der Waals surface area contributed by atoms with Gasteiger partial charge in [0.25, 0.3) is 11.8 Å². The fourth-order valence-corrected chi connectivity index (χ4v) is 3.03. The van der Waals surface area contributed by atoms with E-state index in [1.165, 1.54) is 12.1 Å². The molecule has 0 aromatic heterocycles. The Kier molecular flexibility index (Phi) is 6.37. The van der Waals surface area contributed by atoms with Gasteiger partial charge in [0.1, 0.15) is 11.5 Å². The molecule has 154 valence electrons. The van der Waals surface area contributed by atoms with Crippen LogP contribution >= 0.6 is 0 Å². The monoisotopic (exact) mass is 404 g/mol. The third-order valence-corrected chi connectivity index (χ3v) is 4.61. The maximum Gasteiger partial charge on any atom is 0.262 e. The number of carbonyl (C=O) groups excluding carboxylic acids is 2. The van der Waals surface area contributed by atoms with E-state index in [-0.39, 0.29) is 29.9 Å². The lowest BCUT2D eigenvalue weighted by molar-refractivity contribution is -0.118. The van der Waals surface area contributed by atoms with Crippen LogP contribution in [0.25, 0.3) is 0 Å². The van der Waals surface area contributed by atoms with Gasteiger partial charge in [0.15, 0.2) is 6.61 Å². The zero-order valence-corrected chi connectivity index (χ0v) is 17.2. The zero-order chi connectivity index (χ0) is 21.7. The van der Waals surface area contributed by atoms with Gasteiger partial charge in [-0.05, 0) is 56.2 Å². The number of nitrogens with one attached hydrogen (secondary N) is 2. The lowest BCUT2D eigenvalue weighted by Gasteiger charge is -2.12. The number of aromatic hydroxyl groups is 1. The van der Waals surface area contributed by atoms with Crippen molar-refractivity contribution in [2.75, 3.05) is 17.2 Å². The number of rotatable bonds is 6. The maximum absolute atomic E-state index is 12.4. The second kappa shape index (κ2) is 9.13. The number of hydrogen-bond acceptors (Lipinski definition) is 4. The number of phenols is 1. The van der Waals surface area contributed by atoms with Crippen molar-refractivity contribution in [2.24, 2.45) is 0 Å². The van der Waals surface area contributed by atoms with E-state index in [1.807, 2.05) is 51.1 Å². The molecule has 0 aliphatic heterocycles. The summed E-state index contributed by atoms with van der Waals surface area (Å²) in [4.78, 5) is 24.6. The fourth-order valence-electron chi connectivity index (χ4n) is 3.03. The van der Waals surface area contributed by atoms with Crippen LogP contribution in [0.5, 0.6) is 11.5 Å². The Morgan fingerprint density at radius 3 is 2.37 bits per heavy atom. The average Bonchev–Trinajstić information content (AvgIpc) is 2.69. The van der Waals surface area contributed by atoms with E-state index >= 15 is 0 Å². The Morgan fingerprint density at radius 1 is 0.900 bits per heavy atom. The van der Waals surface area contributed by atoms with Gasteiger partial charge in [0.2, 0.25) is 0 Å². The minimum atomic E-state index is -0.355. The van der Waals surface area contributed by atoms with Gasteiger partial charge < -0.3 is 20.5 Å². The first-order chi connectivity index (χ1) is 14.3. The number of anilines is 2. The first-order valence-corrected chi connectivity index (χ1v) is 9.53. The number of carbonyl (C=O) groups is 2. The van der Waals surface area contributed by atoms with Crippen LogP contribution in [-0.2, 0) is 4.79 Å². The number of aryl methyl sites for hydroxylation is 3. The lowest BCUT2D eigenvalue weighted by atomic mass is 10.1. The second-order valence-electron chi connectivity index (χ2n) is 7.11. The van der Waals surface area contributed by atoms with Crippen LogP contribution < -0.4 is 15.4 Å². The smallest absolute Gasteiger partial charge is 0.262 e. The summed E-state index contributed by atoms with van der Waals surface area (Å²) < 4.78 is 5.56. The van der Waals surface area contributed by atoms with Gasteiger partial charge in [-0.1, -0.05) is 35.9 Å². The number of amides is 2. The van der Waals surface area contributed by atoms with Crippen molar-refractivity contribution in [3.63, 3.8) is 0 Å². The Hall–Kier alpha value is -3.80. The molecule has 6 heteroatoms. The highest BCUT2D eigenvalue weighted by atomic mass is 16.5. The molecule has 3 N–H and O–H groups in total. The van der Waals surface area contributed by atoms with E-state index in [0.717, 1.165) is 16.7 Å². The van der Waals surface area contributed by atoms with E-state index in [4.69, 9.17) is 4.74 Å². The predicted molar refractivity (Wildman–Crippen MR) is 117 cm³/mol. The summed E-state index contributed by atoms with van der Waals surface area (Å²) in [6.07, 6.45) is 0. The van der Waals surface area contributed by atoms with E-state index in [2.05, 4.69) is 10.6 Å². The SMILES string of the molecule is Cc1ccc(OCC(=O)Nc2ccc(NC(=O)c3ccccc3C)c(O)c2)c(C)c1. The minimum absolute atomic E-state index is 0.148. The molecule has 0 saturated carbocycles. The summed E-state index contributed by atoms with van der Waals surface area (Å²) in [5.74, 6) is -0.175. The molecule has 3 aromatic carbocycles. The van der Waals surface area contributed by atoms with Crippen LogP contribution in [0.4, 0.5) is 11.4 Å². The van der Waals surface area contributed by atoms with Crippen LogP contribution in [0.1, 0.15) is 27.0 Å². The minimum Gasteiger partial charge on any atom is -0.506 e. The molecule has 0 saturated heterocycles. The molecule has 0 aliphatic carbocycles. The fraction of sp³-hybridized carbons (Fsp3) is 0.167. The highest BCUT2D eigenvalue weighted by molar-refractivity contribution is 6.06. The summed E-state index contributed by atoms with van der Waals surface area (Å²) in [5, 5.41) is 15.6. The molecule has 3 aromatic rings. The van der Waals surface area contributed by atoms with Crippen LogP contribution in [0.3, 0.4) is 0 Å². The summed E-state index contributed by atoms with van der Waals surface area (Å²) >= 11 is 0. The van der Waals surface area contributed by atoms with Crippen LogP contribution in [0.15, 0.2) is 60.7 Å². The molecule has 0 radical (unpaired) electrons. The third kappa shape index (κ3) is 5.17. The third-order valence-electron chi connectivity index (χ3n) is 4.61. The molecule has 0 unspecified atom stereocenters. The van der Waals surface area contributed by atoms with Crippen molar-refractivity contribution >= 4 is 23.2 Å². The highest BCUT2D eigenvalue weighted by Crippen LogP contribution is 2.27. The average molecular weight is 404 g/mol. The maximum atomic E-state index is 12.4. The standard InChI is InChI=1S/C24H24N2O4/c1-15-8-11-22(17(3)12-15)30-14-23(28)25-18-9-10-20(21(27)13-18)26-24(29)19-7-5-4-6-16(19)2/h4-13,27H,14H2,1-3H3,(H,25,28)(H,26,29). The van der Waals surface area contributed by atoms with Crippen LogP contribution in [0.2, 0.25) is 0 Å². The molecule has 0 heterocycles. The molecule has 0 bridgehead atoms. The molecule has 0 aliphatic rings. The summed E-state index contributed by atoms with van der Waals surface area (Å²) in [7, 11) is 0. The van der Waals surface area contributed by atoms with Crippen LogP contribution in [0, 0.1) is 20.8 Å². The molecule has 2 amide bonds. The quantitative estimate of drug-likeness (QED) is 0.525. The summed E-state index contributed by atoms with van der Waals surface area (Å²) in [6.45, 7) is 5.59. The van der Waals surface area contributed by atoms with Gasteiger partial charge in [0, 0.05) is 17.3 Å². The van der Waals surface area contributed by atoms with Crippen molar-refractivity contribution in [1.29, 1.82) is 0 Å². The van der Waals surface area contributed by atoms with E-state index < -0.39 is 0 Å². The molecule has 0 atom stereocenters. The topological polar surface area (TPSA) is 87.7 Å². The first kappa shape index (κ1) is 20.9. The van der Waals surface area contributed by atoms with Gasteiger partial charge in [-0.25, -0.2) is 0 Å². The van der Waals surface area contributed by atoms with Crippen molar-refractivity contribution in [3.8, 4) is 11.5 Å². The molecule has 0 fully saturated rings. The largest absolute Gasteiger partial charge is 0.506 e. The van der Waals surface area contributed by atoms with Crippen molar-refractivity contribution in [2.45, 2.75) is 20.8 Å². The molecule has 3 rings (SSSR count). The van der Waals surface area contributed by atoms with Gasteiger partial charge >= 0.3 is 0 Å². The summed E-state index contributed by atoms with van der Waals surface area (Å²) in [5.41, 5.74) is 4.09. The predicted octanol–water partition coefficient (Wildman–Crippen LogP) is 4.59. The van der Waals surface area contributed by atoms with Crippen molar-refractivity contribution in [1.82, 2.24) is 0 Å². The first-order valence-electron chi connectivity index (χ1n) is 9.53. The molecular formula is C24H24N2O4. The number of ether oxygens (including phenoxy) is 1. The normalized spacial score (nSPS) is 10.4. The second-order valence-corrected chi connectivity index (χ2v) is 7.11. The molecule has 30 heavy (non-hydrogen) atoms. The number of hydrogen-bond donors (Lipinski definition) is 3. The zero-order valence-electron chi connectivity index (χ0n) is 17.2. The van der Waals surface area contributed by atoms with Gasteiger partial charge in [-0.3, -0.25) is 9.59 Å². The Labute approximate surface area is 175 Å².